The molecule has 2 rings (SSSR count). The van der Waals surface area contributed by atoms with Crippen LogP contribution in [0.1, 0.15) is 29.7 Å². The Morgan fingerprint density at radius 2 is 2.21 bits per heavy atom. The van der Waals surface area contributed by atoms with Gasteiger partial charge in [0.05, 0.1) is 12.2 Å². The highest BCUT2D eigenvalue weighted by Gasteiger charge is 2.08. The average molecular weight is 260 g/mol. The lowest BCUT2D eigenvalue weighted by atomic mass is 10.2. The second-order valence-corrected chi connectivity index (χ2v) is 4.47. The number of aromatic nitrogens is 1. The second-order valence-electron chi connectivity index (χ2n) is 4.47. The molecule has 102 valence electrons. The van der Waals surface area contributed by atoms with E-state index in [1.54, 1.807) is 6.20 Å². The van der Waals surface area contributed by atoms with Crippen LogP contribution in [-0.2, 0) is 13.2 Å². The van der Waals surface area contributed by atoms with Gasteiger partial charge in [0.2, 0.25) is 0 Å². The largest absolute Gasteiger partial charge is 0.484 e. The first-order valence-corrected chi connectivity index (χ1v) is 6.54. The Kier molecular flexibility index (Phi) is 4.58. The molecule has 0 radical (unpaired) electrons. The number of furan rings is 1. The van der Waals surface area contributed by atoms with Gasteiger partial charge in [-0.15, -0.1) is 0 Å². The van der Waals surface area contributed by atoms with E-state index in [2.05, 4.69) is 24.1 Å². The molecule has 0 aliphatic heterocycles. The minimum atomic E-state index is 0.430. The normalized spacial score (nSPS) is 10.7. The average Bonchev–Trinajstić information content (AvgIpc) is 2.76. The van der Waals surface area contributed by atoms with Crippen molar-refractivity contribution >= 4 is 0 Å². The zero-order valence-electron chi connectivity index (χ0n) is 11.7. The molecule has 4 heteroatoms. The highest BCUT2D eigenvalue weighted by atomic mass is 16.5. The summed E-state index contributed by atoms with van der Waals surface area (Å²) in [7, 11) is 0. The number of rotatable bonds is 6. The van der Waals surface area contributed by atoms with E-state index in [0.717, 1.165) is 41.6 Å². The van der Waals surface area contributed by atoms with E-state index >= 15 is 0 Å². The van der Waals surface area contributed by atoms with E-state index in [4.69, 9.17) is 9.15 Å². The van der Waals surface area contributed by atoms with Gasteiger partial charge in [0, 0.05) is 6.20 Å². The Morgan fingerprint density at radius 1 is 1.37 bits per heavy atom. The quantitative estimate of drug-likeness (QED) is 0.867. The summed E-state index contributed by atoms with van der Waals surface area (Å²) in [6.07, 6.45) is 1.76. The predicted molar refractivity (Wildman–Crippen MR) is 74.1 cm³/mol. The van der Waals surface area contributed by atoms with Gasteiger partial charge in [-0.3, -0.25) is 4.98 Å². The number of ether oxygens (including phenoxy) is 1. The van der Waals surface area contributed by atoms with Crippen LogP contribution in [0.25, 0.3) is 0 Å². The first kappa shape index (κ1) is 13.6. The predicted octanol–water partition coefficient (Wildman–Crippen LogP) is 2.98. The Morgan fingerprint density at radius 3 is 2.95 bits per heavy atom. The summed E-state index contributed by atoms with van der Waals surface area (Å²) in [4.78, 5) is 4.19. The minimum Gasteiger partial charge on any atom is -0.484 e. The van der Waals surface area contributed by atoms with Gasteiger partial charge in [0.15, 0.2) is 0 Å². The fourth-order valence-electron chi connectivity index (χ4n) is 1.85. The molecule has 0 amide bonds. The summed E-state index contributed by atoms with van der Waals surface area (Å²) in [5, 5.41) is 3.26. The first-order chi connectivity index (χ1) is 9.20. The van der Waals surface area contributed by atoms with Crippen LogP contribution < -0.4 is 10.1 Å². The molecule has 0 unspecified atom stereocenters. The van der Waals surface area contributed by atoms with Crippen LogP contribution in [0.2, 0.25) is 0 Å². The topological polar surface area (TPSA) is 47.3 Å². The molecule has 0 aliphatic rings. The minimum absolute atomic E-state index is 0.430. The van der Waals surface area contributed by atoms with E-state index in [1.807, 2.05) is 25.1 Å². The van der Waals surface area contributed by atoms with Crippen molar-refractivity contribution in [2.45, 2.75) is 33.9 Å². The molecule has 0 atom stereocenters. The number of hydrogen-bond acceptors (Lipinski definition) is 4. The summed E-state index contributed by atoms with van der Waals surface area (Å²) in [6.45, 7) is 8.18. The summed E-state index contributed by atoms with van der Waals surface area (Å²) >= 11 is 0. The Balaban J connectivity index is 1.98. The number of hydrogen-bond donors (Lipinski definition) is 1. The van der Waals surface area contributed by atoms with Crippen LogP contribution in [0, 0.1) is 13.8 Å². The molecule has 0 saturated heterocycles. The zero-order chi connectivity index (χ0) is 13.7. The smallest absolute Gasteiger partial charge is 0.146 e. The zero-order valence-corrected chi connectivity index (χ0v) is 11.7. The van der Waals surface area contributed by atoms with E-state index in [1.165, 1.54) is 0 Å². The van der Waals surface area contributed by atoms with Crippen molar-refractivity contribution in [2.24, 2.45) is 0 Å². The van der Waals surface area contributed by atoms with Crippen LogP contribution >= 0.6 is 0 Å². The maximum Gasteiger partial charge on any atom is 0.146 e. The third kappa shape index (κ3) is 3.58. The summed E-state index contributed by atoms with van der Waals surface area (Å²) in [5.41, 5.74) is 2.04. The molecule has 2 heterocycles. The molecule has 19 heavy (non-hydrogen) atoms. The van der Waals surface area contributed by atoms with Crippen molar-refractivity contribution in [1.82, 2.24) is 10.3 Å². The van der Waals surface area contributed by atoms with Gasteiger partial charge >= 0.3 is 0 Å². The van der Waals surface area contributed by atoms with Crippen LogP contribution in [0.5, 0.6) is 5.75 Å². The third-order valence-corrected chi connectivity index (χ3v) is 2.94. The molecule has 2 aromatic rings. The van der Waals surface area contributed by atoms with Crippen LogP contribution in [0.3, 0.4) is 0 Å². The van der Waals surface area contributed by atoms with E-state index in [0.29, 0.717) is 6.61 Å². The van der Waals surface area contributed by atoms with Crippen molar-refractivity contribution < 1.29 is 9.15 Å². The molecule has 0 saturated carbocycles. The van der Waals surface area contributed by atoms with Gasteiger partial charge < -0.3 is 14.5 Å². The van der Waals surface area contributed by atoms with Crippen LogP contribution in [0.4, 0.5) is 0 Å². The molecule has 0 spiro atoms. The van der Waals surface area contributed by atoms with Crippen molar-refractivity contribution in [1.29, 1.82) is 0 Å². The van der Waals surface area contributed by atoms with Crippen molar-refractivity contribution in [2.75, 3.05) is 6.54 Å². The molecule has 4 nitrogen and oxygen atoms in total. The van der Waals surface area contributed by atoms with Crippen LogP contribution in [0.15, 0.2) is 28.8 Å². The van der Waals surface area contributed by atoms with Crippen molar-refractivity contribution in [3.8, 4) is 5.75 Å². The summed E-state index contributed by atoms with van der Waals surface area (Å²) < 4.78 is 11.5. The first-order valence-electron chi connectivity index (χ1n) is 6.54. The van der Waals surface area contributed by atoms with Crippen LogP contribution in [-0.4, -0.2) is 11.5 Å². The molecule has 0 aliphatic carbocycles. The Hall–Kier alpha value is -1.81. The number of nitrogens with zero attached hydrogens (tertiary/aromatic N) is 1. The van der Waals surface area contributed by atoms with Gasteiger partial charge in [0.1, 0.15) is 23.9 Å². The molecular weight excluding hydrogens is 240 g/mol. The lowest BCUT2D eigenvalue weighted by Crippen LogP contribution is -2.11. The maximum atomic E-state index is 5.77. The summed E-state index contributed by atoms with van der Waals surface area (Å²) in [6, 6.07) is 5.81. The highest BCUT2D eigenvalue weighted by Crippen LogP contribution is 2.19. The third-order valence-electron chi connectivity index (χ3n) is 2.94. The Bertz CT molecular complexity index is 535. The SMILES string of the molecule is CCNCc1oc(COc2cccnc2C)cc1C. The van der Waals surface area contributed by atoms with Gasteiger partial charge in [-0.05, 0) is 44.2 Å². The van der Waals surface area contributed by atoms with Gasteiger partial charge in [0.25, 0.3) is 0 Å². The van der Waals surface area contributed by atoms with Gasteiger partial charge in [-0.25, -0.2) is 0 Å². The standard InChI is InChI=1S/C15H20N2O2/c1-4-16-9-15-11(2)8-13(19-15)10-18-14-6-5-7-17-12(14)3/h5-8,16H,4,9-10H2,1-3H3. The van der Waals surface area contributed by atoms with E-state index in [9.17, 15) is 0 Å². The monoisotopic (exact) mass is 260 g/mol. The van der Waals surface area contributed by atoms with Crippen molar-refractivity contribution in [3.05, 3.63) is 47.2 Å². The van der Waals surface area contributed by atoms with Gasteiger partial charge in [-0.2, -0.15) is 0 Å². The second kappa shape index (κ2) is 6.38. The molecular formula is C15H20N2O2. The van der Waals surface area contributed by atoms with Gasteiger partial charge in [-0.1, -0.05) is 6.92 Å². The van der Waals surface area contributed by atoms with Crippen molar-refractivity contribution in [3.63, 3.8) is 0 Å². The highest BCUT2D eigenvalue weighted by molar-refractivity contribution is 5.26. The maximum absolute atomic E-state index is 5.77. The number of aryl methyl sites for hydroxylation is 2. The summed E-state index contributed by atoms with van der Waals surface area (Å²) in [5.74, 6) is 2.61. The molecule has 1 N–H and O–H groups in total. The molecule has 2 aromatic heterocycles. The fourth-order valence-corrected chi connectivity index (χ4v) is 1.85. The number of pyridine rings is 1. The number of nitrogens with one attached hydrogen (secondary N) is 1. The lowest BCUT2D eigenvalue weighted by Gasteiger charge is -2.06. The lowest BCUT2D eigenvalue weighted by molar-refractivity contribution is 0.262. The Labute approximate surface area is 113 Å². The molecule has 0 bridgehead atoms. The van der Waals surface area contributed by atoms with E-state index < -0.39 is 0 Å². The van der Waals surface area contributed by atoms with E-state index in [-0.39, 0.29) is 0 Å². The molecule has 0 fully saturated rings. The fraction of sp³-hybridized carbons (Fsp3) is 0.400. The molecule has 0 aromatic carbocycles.